The minimum atomic E-state index is -0.757. The molecule has 14 rings (SSSR count). The van der Waals surface area contributed by atoms with E-state index in [-0.39, 0.29) is 123 Å². The first-order valence-electron chi connectivity index (χ1n) is 42.2. The zero-order valence-corrected chi connectivity index (χ0v) is 77.2. The van der Waals surface area contributed by atoms with Gasteiger partial charge in [0.15, 0.2) is 10.9 Å². The molecule has 8 aromatic carbocycles. The Hall–Kier alpha value is -12.7. The van der Waals surface area contributed by atoms with Gasteiger partial charge in [-0.2, -0.15) is 0 Å². The smallest absolute Gasteiger partial charge is 0.429 e. The van der Waals surface area contributed by atoms with Crippen LogP contribution < -0.4 is 16.2 Å². The second-order valence-corrected chi connectivity index (χ2v) is 32.8. The van der Waals surface area contributed by atoms with Gasteiger partial charge in [-0.3, -0.25) is 43.6 Å². The van der Waals surface area contributed by atoms with Crippen LogP contribution in [0.15, 0.2) is 230 Å². The van der Waals surface area contributed by atoms with Crippen molar-refractivity contribution in [3.8, 4) is 0 Å². The molecule has 4 unspecified atom stereocenters. The lowest BCUT2D eigenvalue weighted by Gasteiger charge is -2.27. The summed E-state index contributed by atoms with van der Waals surface area (Å²) in [5.41, 5.74) is 12.6. The number of hydrogen-bond donors (Lipinski definition) is 3. The lowest BCUT2D eigenvalue weighted by molar-refractivity contribution is -0.141. The van der Waals surface area contributed by atoms with E-state index in [4.69, 9.17) is 25.8 Å². The molecule has 6 heterocycles. The summed E-state index contributed by atoms with van der Waals surface area (Å²) in [5.74, 6) is -2.77. The summed E-state index contributed by atoms with van der Waals surface area (Å²) in [6, 6.07) is 59.2. The van der Waals surface area contributed by atoms with Crippen molar-refractivity contribution >= 4 is 82.2 Å². The monoisotopic (exact) mass is 1860 g/mol. The molecule has 4 atom stereocenters. The molecule has 132 heavy (non-hydrogen) atoms. The quantitative estimate of drug-likeness (QED) is 0.0187. The van der Waals surface area contributed by atoms with Gasteiger partial charge < -0.3 is 39.1 Å². The topological polar surface area (TPSA) is 299 Å². The first kappa shape index (κ1) is 105. The molecule has 0 aliphatic carbocycles. The van der Waals surface area contributed by atoms with E-state index in [1.54, 1.807) is 70.7 Å². The third kappa shape index (κ3) is 34.6. The van der Waals surface area contributed by atoms with Gasteiger partial charge in [0.1, 0.15) is 67.7 Å². The second-order valence-electron chi connectivity index (χ2n) is 31.7. The van der Waals surface area contributed by atoms with Gasteiger partial charge in [0, 0.05) is 43.5 Å². The Morgan fingerprint density at radius 2 is 0.652 bits per heavy atom. The molecule has 0 saturated carbocycles. The number of hydrogen-bond acceptors (Lipinski definition) is 23. The van der Waals surface area contributed by atoms with Gasteiger partial charge in [0.2, 0.25) is 29.5 Å². The van der Waals surface area contributed by atoms with E-state index in [9.17, 15) is 69.9 Å². The Bertz CT molecular complexity index is 4960. The largest absolute Gasteiger partial charge is 0.443 e. The highest BCUT2D eigenvalue weighted by atomic mass is 35.5. The van der Waals surface area contributed by atoms with Crippen LogP contribution in [0.1, 0.15) is 55.0 Å². The van der Waals surface area contributed by atoms with Gasteiger partial charge in [-0.05, 0) is 200 Å². The Balaban J connectivity index is 0.000000198. The first-order valence-corrected chi connectivity index (χ1v) is 43.8. The van der Waals surface area contributed by atoms with Gasteiger partial charge in [0.05, 0.1) is 71.4 Å². The van der Waals surface area contributed by atoms with E-state index in [1.165, 1.54) is 117 Å². The Morgan fingerprint density at radius 1 is 0.379 bits per heavy atom. The number of benzene rings is 8. The molecule has 5 aliphatic rings. The van der Waals surface area contributed by atoms with Crippen LogP contribution in [0, 0.1) is 29.1 Å². The molecule has 5 fully saturated rings. The molecule has 1 aromatic heterocycles. The molecule has 37 heteroatoms. The summed E-state index contributed by atoms with van der Waals surface area (Å²) in [6.45, 7) is 4.41. The molecule has 5 saturated heterocycles. The van der Waals surface area contributed by atoms with Crippen molar-refractivity contribution in [1.29, 1.82) is 0 Å². The van der Waals surface area contributed by atoms with Crippen LogP contribution in [0.3, 0.4) is 0 Å². The van der Waals surface area contributed by atoms with Gasteiger partial charge in [0.25, 0.3) is 5.24 Å². The van der Waals surface area contributed by atoms with Crippen molar-refractivity contribution in [2.45, 2.75) is 81.2 Å². The van der Waals surface area contributed by atoms with Gasteiger partial charge in [-0.1, -0.05) is 163 Å². The SMILES string of the molecule is CN(C)C1CN(C(=O)Cc2ccc(F)cc2)N(C(=O)OCc2ccccc2)C1.CN(C)C1CN(C(=O)Cc2ccc(F)cc2)N(C(=O)OCc2ccccc2)C1.CN(C)C1CNN(C(=O)Cc2ccc(F)cc2)C1.CN(C)C1CNN(C(=O)Cc2ccc(F)cc2)C1.CNC.CSc1nccc(C(=O)Cl)n1.O=C1CN(C(=O)Cc2ccc(F)cc2)N(C(=O)OCc2ccccc2)C1. The van der Waals surface area contributed by atoms with Gasteiger partial charge in [-0.25, -0.2) is 87.2 Å². The predicted octanol–water partition coefficient (Wildman–Crippen LogP) is 10.4. The third-order valence-corrected chi connectivity index (χ3v) is 21.6. The molecule has 0 radical (unpaired) electrons. The highest BCUT2D eigenvalue weighted by Crippen LogP contribution is 2.24. The number of rotatable bonds is 22. The molecule has 0 spiro atoms. The first-order chi connectivity index (χ1) is 63.2. The molecule has 9 aromatic rings. The number of ether oxygens (including phenoxy) is 3. The van der Waals surface area contributed by atoms with Crippen LogP contribution in [0.4, 0.5) is 36.3 Å². The van der Waals surface area contributed by atoms with Crippen molar-refractivity contribution < 1.29 is 84.1 Å². The molecule has 30 nitrogen and oxygen atoms in total. The standard InChI is InChI=1S/2C21H24FN3O3.C19H17FN2O4.2C13H18FN3O.C6H5ClN2OS.C2H7N/c2*1-23(2)19-13-24(20(26)12-16-8-10-18(22)11-9-16)25(14-19)21(27)28-15-17-6-4-3-5-7-17;20-16-8-6-14(7-9-16)10-18(24)21-11-17(23)12-22(21)19(25)26-13-15-4-2-1-3-5-15;2*1-16(2)12-8-15-17(9-12)13(18)7-10-3-5-11(14)6-4-10;1-11-6-8-3-2-4(9-6)5(7)10;1-3-2/h2*3-11,19H,12-15H2,1-2H3;1-9H,10-13H2;2*3-6,12,15H,7-9H2,1-2H3;2-3H,1H3;3H,1-2H3. The summed E-state index contributed by atoms with van der Waals surface area (Å²) in [7, 11) is 19.4. The third-order valence-electron chi connectivity index (χ3n) is 20.9. The summed E-state index contributed by atoms with van der Waals surface area (Å²) in [4.78, 5) is 138. The van der Waals surface area contributed by atoms with E-state index in [1.807, 2.05) is 165 Å². The Labute approximate surface area is 775 Å². The molecule has 8 amide bonds. The zero-order valence-electron chi connectivity index (χ0n) is 75.6. The number of carbonyl (C=O) groups is 10. The molecule has 3 N–H and O–H groups in total. The fourth-order valence-corrected chi connectivity index (χ4v) is 13.6. The highest BCUT2D eigenvalue weighted by Gasteiger charge is 2.41. The van der Waals surface area contributed by atoms with Crippen molar-refractivity contribution in [3.63, 3.8) is 0 Å². The number of carbonyl (C=O) groups excluding carboxylic acids is 10. The van der Waals surface area contributed by atoms with Gasteiger partial charge >= 0.3 is 18.3 Å². The number of ketones is 1. The number of halogens is 6. The average molecular weight is 1860 g/mol. The Morgan fingerprint density at radius 3 is 0.932 bits per heavy atom. The van der Waals surface area contributed by atoms with E-state index in [2.05, 4.69) is 35.9 Å². The second kappa shape index (κ2) is 53.6. The van der Waals surface area contributed by atoms with Crippen molar-refractivity contribution in [1.82, 2.24) is 85.8 Å². The molecular weight excluding hydrogens is 1750 g/mol. The number of hydrazine groups is 5. The lowest BCUT2D eigenvalue weighted by Crippen LogP contribution is -2.45. The summed E-state index contributed by atoms with van der Waals surface area (Å²) in [6.07, 6.45) is 2.20. The number of likely N-dealkylation sites (N-methyl/N-ethyl adjacent to an activating group) is 4. The number of nitrogens with one attached hydrogen (secondary N) is 3. The van der Waals surface area contributed by atoms with Crippen LogP contribution in [0.25, 0.3) is 0 Å². The number of aromatic nitrogens is 2. The van der Waals surface area contributed by atoms with Crippen molar-refractivity contribution in [3.05, 3.63) is 304 Å². The average Bonchev–Trinajstić information content (AvgIpc) is 1.68. The summed E-state index contributed by atoms with van der Waals surface area (Å²) in [5, 5.41) is 13.7. The number of Topliss-reactive ketones (excluding diaryl/α,β-unsaturated/α-hetero) is 1. The number of nitrogens with zero attached hydrogens (tertiary/aromatic N) is 14. The van der Waals surface area contributed by atoms with Crippen molar-refractivity contribution in [2.75, 3.05) is 142 Å². The van der Waals surface area contributed by atoms with E-state index in [0.29, 0.717) is 86.0 Å². The van der Waals surface area contributed by atoms with Crippen LogP contribution in [0.2, 0.25) is 0 Å². The maximum atomic E-state index is 13.1. The highest BCUT2D eigenvalue weighted by molar-refractivity contribution is 7.98. The van der Waals surface area contributed by atoms with Crippen LogP contribution >= 0.6 is 23.4 Å². The molecular formula is C95H113ClF5N17O13S. The number of amides is 8. The maximum Gasteiger partial charge on any atom is 0.429 e. The van der Waals surface area contributed by atoms with Crippen LogP contribution in [0.5, 0.6) is 0 Å². The minimum absolute atomic E-state index is 0.0152. The predicted molar refractivity (Wildman–Crippen MR) is 489 cm³/mol. The number of thioether (sulfide) groups is 1. The molecule has 704 valence electrons. The normalized spacial score (nSPS) is 16.0. The van der Waals surface area contributed by atoms with Crippen LogP contribution in [-0.4, -0.2) is 295 Å². The van der Waals surface area contributed by atoms with Crippen LogP contribution in [-0.2, 0) is 94.9 Å². The Kier molecular flexibility index (Phi) is 42.5. The van der Waals surface area contributed by atoms with Gasteiger partial charge in [-0.15, -0.1) is 0 Å². The summed E-state index contributed by atoms with van der Waals surface area (Å²) >= 11 is 6.56. The van der Waals surface area contributed by atoms with E-state index in [0.717, 1.165) is 50.9 Å². The zero-order chi connectivity index (χ0) is 95.9. The summed E-state index contributed by atoms with van der Waals surface area (Å²) < 4.78 is 80.7. The fourth-order valence-electron chi connectivity index (χ4n) is 13.2. The maximum absolute atomic E-state index is 13.1. The van der Waals surface area contributed by atoms with E-state index < -0.39 is 35.2 Å². The lowest BCUT2D eigenvalue weighted by atomic mass is 10.1. The van der Waals surface area contributed by atoms with E-state index >= 15 is 0 Å². The molecule has 0 bridgehead atoms. The minimum Gasteiger partial charge on any atom is -0.443 e. The molecule has 5 aliphatic heterocycles. The van der Waals surface area contributed by atoms with Crippen molar-refractivity contribution in [2.24, 2.45) is 0 Å². The fraction of sp³-hybridized carbons (Fsp3) is 0.347.